The number of aromatic nitrogens is 1. The number of halogens is 3. The molecule has 0 radical (unpaired) electrons. The minimum atomic E-state index is -4.88. The summed E-state index contributed by atoms with van der Waals surface area (Å²) in [6, 6.07) is 4.17. The SMILES string of the molecule is Nc1ccc2oc(S(=O)C(F)(F)F)nc2c1. The largest absolute Gasteiger partial charge is 0.480 e. The van der Waals surface area contributed by atoms with Crippen molar-refractivity contribution in [2.75, 3.05) is 5.73 Å². The maximum atomic E-state index is 12.1. The normalized spacial score (nSPS) is 14.2. The predicted molar refractivity (Wildman–Crippen MR) is 50.9 cm³/mol. The molecule has 0 fully saturated rings. The number of nitrogens with two attached hydrogens (primary N) is 1. The van der Waals surface area contributed by atoms with Gasteiger partial charge in [-0.15, -0.1) is 0 Å². The summed E-state index contributed by atoms with van der Waals surface area (Å²) in [6.07, 6.45) is 0. The lowest BCUT2D eigenvalue weighted by atomic mass is 10.3. The molecule has 0 aliphatic carbocycles. The third kappa shape index (κ3) is 1.87. The first-order valence-corrected chi connectivity index (χ1v) is 5.17. The van der Waals surface area contributed by atoms with Crippen LogP contribution in [0.25, 0.3) is 11.1 Å². The number of anilines is 1. The van der Waals surface area contributed by atoms with Crippen LogP contribution >= 0.6 is 0 Å². The highest BCUT2D eigenvalue weighted by atomic mass is 32.2. The first kappa shape index (κ1) is 10.9. The fourth-order valence-electron chi connectivity index (χ4n) is 1.10. The van der Waals surface area contributed by atoms with E-state index < -0.39 is 21.5 Å². The van der Waals surface area contributed by atoms with Crippen LogP contribution in [-0.4, -0.2) is 14.7 Å². The molecule has 16 heavy (non-hydrogen) atoms. The van der Waals surface area contributed by atoms with Crippen molar-refractivity contribution in [2.24, 2.45) is 0 Å². The standard InChI is InChI=1S/C8H5F3N2O2S/c9-8(10,11)16(14)7-13-5-3-4(12)1-2-6(5)15-7/h1-3H,12H2. The van der Waals surface area contributed by atoms with Gasteiger partial charge in [-0.25, -0.2) is 9.19 Å². The fourth-order valence-corrected chi connectivity index (χ4v) is 1.65. The average molecular weight is 250 g/mol. The van der Waals surface area contributed by atoms with Gasteiger partial charge in [0.15, 0.2) is 5.58 Å². The molecule has 2 aromatic rings. The van der Waals surface area contributed by atoms with Crippen molar-refractivity contribution in [1.29, 1.82) is 0 Å². The van der Waals surface area contributed by atoms with Gasteiger partial charge < -0.3 is 10.2 Å². The van der Waals surface area contributed by atoms with Crippen molar-refractivity contribution in [1.82, 2.24) is 4.98 Å². The number of hydrogen-bond donors (Lipinski definition) is 1. The molecule has 2 N–H and O–H groups in total. The number of nitrogens with zero attached hydrogens (tertiary/aromatic N) is 1. The third-order valence-electron chi connectivity index (χ3n) is 1.76. The predicted octanol–water partition coefficient (Wildman–Crippen LogP) is 2.04. The quantitative estimate of drug-likeness (QED) is 0.786. The van der Waals surface area contributed by atoms with E-state index in [1.54, 1.807) is 0 Å². The van der Waals surface area contributed by atoms with Gasteiger partial charge in [0.25, 0.3) is 5.22 Å². The van der Waals surface area contributed by atoms with Crippen LogP contribution in [0.3, 0.4) is 0 Å². The lowest BCUT2D eigenvalue weighted by Gasteiger charge is -2.00. The molecule has 1 aromatic heterocycles. The van der Waals surface area contributed by atoms with Gasteiger partial charge in [0.1, 0.15) is 5.52 Å². The highest BCUT2D eigenvalue weighted by Gasteiger charge is 2.41. The molecular weight excluding hydrogens is 245 g/mol. The molecular formula is C8H5F3N2O2S. The molecule has 0 saturated heterocycles. The molecule has 0 saturated carbocycles. The Morgan fingerprint density at radius 3 is 2.69 bits per heavy atom. The van der Waals surface area contributed by atoms with Gasteiger partial charge in [-0.2, -0.15) is 13.2 Å². The molecule has 1 heterocycles. The van der Waals surface area contributed by atoms with Crippen molar-refractivity contribution < 1.29 is 21.8 Å². The molecule has 1 unspecified atom stereocenters. The highest BCUT2D eigenvalue weighted by molar-refractivity contribution is 7.85. The number of rotatable bonds is 1. The third-order valence-corrected chi connectivity index (χ3v) is 2.67. The second-order valence-electron chi connectivity index (χ2n) is 2.92. The Morgan fingerprint density at radius 1 is 1.38 bits per heavy atom. The van der Waals surface area contributed by atoms with Crippen LogP contribution in [-0.2, 0) is 10.8 Å². The smallest absolute Gasteiger partial charge is 0.429 e. The van der Waals surface area contributed by atoms with Crippen LogP contribution in [0, 0.1) is 0 Å². The Labute approximate surface area is 89.7 Å². The van der Waals surface area contributed by atoms with Gasteiger partial charge in [0.05, 0.1) is 0 Å². The summed E-state index contributed by atoms with van der Waals surface area (Å²) >= 11 is 0. The summed E-state index contributed by atoms with van der Waals surface area (Å²) < 4.78 is 52.0. The summed E-state index contributed by atoms with van der Waals surface area (Å²) in [4.78, 5) is 3.47. The van der Waals surface area contributed by atoms with Gasteiger partial charge in [-0.3, -0.25) is 0 Å². The number of alkyl halides is 3. The summed E-state index contributed by atoms with van der Waals surface area (Å²) in [5, 5.41) is -0.867. The Balaban J connectivity index is 2.52. The second-order valence-corrected chi connectivity index (χ2v) is 4.27. The van der Waals surface area contributed by atoms with Crippen LogP contribution in [0.5, 0.6) is 0 Å². The molecule has 1 atom stereocenters. The van der Waals surface area contributed by atoms with Gasteiger partial charge >= 0.3 is 5.51 Å². The molecule has 8 heteroatoms. The maximum absolute atomic E-state index is 12.1. The number of benzene rings is 1. The van der Waals surface area contributed by atoms with Gasteiger partial charge in [-0.05, 0) is 18.2 Å². The van der Waals surface area contributed by atoms with Gasteiger partial charge in [-0.1, -0.05) is 0 Å². The Kier molecular flexibility index (Phi) is 2.38. The average Bonchev–Trinajstić information content (AvgIpc) is 2.57. The molecule has 1 aromatic carbocycles. The van der Waals surface area contributed by atoms with Crippen molar-refractivity contribution in [2.45, 2.75) is 10.7 Å². The molecule has 0 spiro atoms. The monoisotopic (exact) mass is 250 g/mol. The molecule has 0 aliphatic heterocycles. The summed E-state index contributed by atoms with van der Waals surface area (Å²) in [5.74, 6) is 0. The van der Waals surface area contributed by atoms with Crippen LogP contribution in [0.15, 0.2) is 27.8 Å². The summed E-state index contributed by atoms with van der Waals surface area (Å²) in [6.45, 7) is 0. The fraction of sp³-hybridized carbons (Fsp3) is 0.125. The van der Waals surface area contributed by atoms with Crippen LogP contribution in [0.4, 0.5) is 18.9 Å². The molecule has 0 aliphatic rings. The van der Waals surface area contributed by atoms with E-state index in [0.717, 1.165) is 0 Å². The Hall–Kier alpha value is -1.57. The number of hydrogen-bond acceptors (Lipinski definition) is 4. The van der Waals surface area contributed by atoms with Crippen molar-refractivity contribution in [3.8, 4) is 0 Å². The van der Waals surface area contributed by atoms with Crippen LogP contribution < -0.4 is 5.73 Å². The number of fused-ring (bicyclic) bond motifs is 1. The van der Waals surface area contributed by atoms with Crippen LogP contribution in [0.1, 0.15) is 0 Å². The molecule has 86 valence electrons. The Bertz CT molecular complexity index is 564. The minimum Gasteiger partial charge on any atom is -0.429 e. The number of nitrogen functional groups attached to an aromatic ring is 1. The van der Waals surface area contributed by atoms with E-state index in [-0.39, 0.29) is 11.1 Å². The zero-order valence-corrected chi connectivity index (χ0v) is 8.43. The van der Waals surface area contributed by atoms with E-state index in [1.807, 2.05) is 0 Å². The summed E-state index contributed by atoms with van der Waals surface area (Å²) in [7, 11) is -3.26. The lowest BCUT2D eigenvalue weighted by molar-refractivity contribution is -0.0395. The maximum Gasteiger partial charge on any atom is 0.480 e. The van der Waals surface area contributed by atoms with E-state index in [4.69, 9.17) is 10.2 Å². The van der Waals surface area contributed by atoms with Crippen molar-refractivity contribution in [3.63, 3.8) is 0 Å². The lowest BCUT2D eigenvalue weighted by Crippen LogP contribution is -2.16. The molecule has 0 amide bonds. The molecule has 2 rings (SSSR count). The highest BCUT2D eigenvalue weighted by Crippen LogP contribution is 2.28. The zero-order valence-electron chi connectivity index (χ0n) is 7.62. The first-order chi connectivity index (χ1) is 7.38. The topological polar surface area (TPSA) is 69.1 Å². The second kappa shape index (κ2) is 3.48. The van der Waals surface area contributed by atoms with E-state index >= 15 is 0 Å². The van der Waals surface area contributed by atoms with Gasteiger partial charge in [0.2, 0.25) is 10.8 Å². The zero-order chi connectivity index (χ0) is 11.9. The first-order valence-electron chi connectivity index (χ1n) is 4.02. The molecule has 4 nitrogen and oxygen atoms in total. The van der Waals surface area contributed by atoms with E-state index in [9.17, 15) is 17.4 Å². The van der Waals surface area contributed by atoms with Gasteiger partial charge in [0, 0.05) is 5.69 Å². The Morgan fingerprint density at radius 2 is 2.06 bits per heavy atom. The van der Waals surface area contributed by atoms with E-state index in [2.05, 4.69) is 4.98 Å². The number of oxazole rings is 1. The van der Waals surface area contributed by atoms with E-state index in [1.165, 1.54) is 18.2 Å². The summed E-state index contributed by atoms with van der Waals surface area (Å²) in [5.41, 5.74) is 1.13. The van der Waals surface area contributed by atoms with Crippen LogP contribution in [0.2, 0.25) is 0 Å². The van der Waals surface area contributed by atoms with E-state index in [0.29, 0.717) is 5.69 Å². The van der Waals surface area contributed by atoms with Crippen molar-refractivity contribution >= 4 is 27.6 Å². The minimum absolute atomic E-state index is 0.113. The molecule has 0 bridgehead atoms. The van der Waals surface area contributed by atoms with Crippen molar-refractivity contribution in [3.05, 3.63) is 18.2 Å².